The Morgan fingerprint density at radius 1 is 1.35 bits per heavy atom. The Morgan fingerprint density at radius 3 is 3.12 bits per heavy atom. The number of halogens is 1. The lowest BCUT2D eigenvalue weighted by Crippen LogP contribution is -2.21. The molecule has 3 rings (SSSR count). The Labute approximate surface area is 110 Å². The summed E-state index contributed by atoms with van der Waals surface area (Å²) in [6.07, 6.45) is 7.25. The lowest BCUT2D eigenvalue weighted by atomic mass is 10.0. The van der Waals surface area contributed by atoms with E-state index in [1.807, 2.05) is 0 Å². The molecule has 1 aliphatic rings. The van der Waals surface area contributed by atoms with Gasteiger partial charge in [-0.1, -0.05) is 15.9 Å². The van der Waals surface area contributed by atoms with Gasteiger partial charge in [0.25, 0.3) is 0 Å². The number of hydrogen-bond acceptors (Lipinski definition) is 1. The second kappa shape index (κ2) is 4.83. The highest BCUT2D eigenvalue weighted by atomic mass is 79.9. The van der Waals surface area contributed by atoms with Gasteiger partial charge < -0.3 is 10.3 Å². The summed E-state index contributed by atoms with van der Waals surface area (Å²) >= 11 is 3.54. The molecule has 1 aromatic carbocycles. The van der Waals surface area contributed by atoms with E-state index in [0.717, 1.165) is 16.9 Å². The number of aromatic nitrogens is 1. The molecule has 0 saturated carbocycles. The van der Waals surface area contributed by atoms with Gasteiger partial charge in [0.15, 0.2) is 0 Å². The zero-order valence-electron chi connectivity index (χ0n) is 9.80. The molecule has 0 aliphatic carbocycles. The maximum absolute atomic E-state index is 3.56. The van der Waals surface area contributed by atoms with Crippen LogP contribution in [-0.2, 0) is 6.42 Å². The Hall–Kier alpha value is -0.800. The normalized spacial score (nSPS) is 20.2. The fourth-order valence-electron chi connectivity index (χ4n) is 2.69. The lowest BCUT2D eigenvalue weighted by Gasteiger charge is -2.08. The molecular weight excluding hydrogens is 276 g/mol. The van der Waals surface area contributed by atoms with Crippen molar-refractivity contribution in [2.45, 2.75) is 31.7 Å². The molecule has 1 aromatic heterocycles. The Morgan fingerprint density at radius 2 is 2.29 bits per heavy atom. The lowest BCUT2D eigenvalue weighted by molar-refractivity contribution is 0.560. The molecule has 0 spiro atoms. The van der Waals surface area contributed by atoms with Gasteiger partial charge in [-0.05, 0) is 56.0 Å². The van der Waals surface area contributed by atoms with Crippen molar-refractivity contribution in [3.8, 4) is 0 Å². The van der Waals surface area contributed by atoms with E-state index in [1.165, 1.54) is 42.3 Å². The Kier molecular flexibility index (Phi) is 3.21. The summed E-state index contributed by atoms with van der Waals surface area (Å²) in [6, 6.07) is 7.16. The largest absolute Gasteiger partial charge is 0.361 e. The van der Waals surface area contributed by atoms with E-state index in [9.17, 15) is 0 Å². The highest BCUT2D eigenvalue weighted by Crippen LogP contribution is 2.24. The standard InChI is InChI=1S/C14H17BrN2/c15-11-4-6-14-13(8-11)10(9-17-14)3-5-12-2-1-7-16-12/h4,6,8-9,12,16-17H,1-3,5,7H2. The van der Waals surface area contributed by atoms with E-state index in [4.69, 9.17) is 0 Å². The molecule has 2 nitrogen and oxygen atoms in total. The number of H-pyrrole nitrogens is 1. The number of benzene rings is 1. The van der Waals surface area contributed by atoms with Gasteiger partial charge in [0.2, 0.25) is 0 Å². The van der Waals surface area contributed by atoms with Crippen molar-refractivity contribution in [2.75, 3.05) is 6.54 Å². The van der Waals surface area contributed by atoms with Gasteiger partial charge in [-0.2, -0.15) is 0 Å². The number of fused-ring (bicyclic) bond motifs is 1. The van der Waals surface area contributed by atoms with E-state index in [2.05, 4.69) is 50.6 Å². The summed E-state index contributed by atoms with van der Waals surface area (Å²) in [7, 11) is 0. The number of aryl methyl sites for hydroxylation is 1. The average Bonchev–Trinajstić information content (AvgIpc) is 2.94. The van der Waals surface area contributed by atoms with Crippen molar-refractivity contribution < 1.29 is 0 Å². The Bertz CT molecular complexity index is 512. The minimum Gasteiger partial charge on any atom is -0.361 e. The van der Waals surface area contributed by atoms with E-state index >= 15 is 0 Å². The third kappa shape index (κ3) is 2.40. The number of nitrogens with one attached hydrogen (secondary N) is 2. The topological polar surface area (TPSA) is 27.8 Å². The van der Waals surface area contributed by atoms with E-state index in [1.54, 1.807) is 0 Å². The van der Waals surface area contributed by atoms with Crippen LogP contribution in [0.2, 0.25) is 0 Å². The maximum Gasteiger partial charge on any atom is 0.0457 e. The van der Waals surface area contributed by atoms with Gasteiger partial charge in [0, 0.05) is 27.6 Å². The molecule has 3 heteroatoms. The monoisotopic (exact) mass is 292 g/mol. The molecule has 0 bridgehead atoms. The van der Waals surface area contributed by atoms with Crippen LogP contribution in [0, 0.1) is 0 Å². The molecule has 1 saturated heterocycles. The molecule has 1 fully saturated rings. The number of rotatable bonds is 3. The minimum absolute atomic E-state index is 0.729. The van der Waals surface area contributed by atoms with Crippen LogP contribution in [0.4, 0.5) is 0 Å². The summed E-state index contributed by atoms with van der Waals surface area (Å²) < 4.78 is 1.16. The molecule has 2 N–H and O–H groups in total. The van der Waals surface area contributed by atoms with Gasteiger partial charge in [0.1, 0.15) is 0 Å². The van der Waals surface area contributed by atoms with Crippen LogP contribution in [0.5, 0.6) is 0 Å². The summed E-state index contributed by atoms with van der Waals surface area (Å²) in [5.41, 5.74) is 2.68. The molecule has 0 amide bonds. The van der Waals surface area contributed by atoms with Gasteiger partial charge in [-0.3, -0.25) is 0 Å². The zero-order chi connectivity index (χ0) is 11.7. The van der Waals surface area contributed by atoms with Crippen LogP contribution >= 0.6 is 15.9 Å². The minimum atomic E-state index is 0.729. The van der Waals surface area contributed by atoms with Crippen molar-refractivity contribution in [3.05, 3.63) is 34.4 Å². The first-order chi connectivity index (χ1) is 8.33. The second-order valence-electron chi connectivity index (χ2n) is 4.84. The first kappa shape index (κ1) is 11.3. The summed E-state index contributed by atoms with van der Waals surface area (Å²) in [4.78, 5) is 3.35. The van der Waals surface area contributed by atoms with Crippen LogP contribution < -0.4 is 5.32 Å². The number of aromatic amines is 1. The Balaban J connectivity index is 1.77. The maximum atomic E-state index is 3.56. The van der Waals surface area contributed by atoms with Crippen molar-refractivity contribution in [1.29, 1.82) is 0 Å². The summed E-state index contributed by atoms with van der Waals surface area (Å²) in [6.45, 7) is 1.20. The smallest absolute Gasteiger partial charge is 0.0457 e. The molecule has 1 atom stereocenters. The zero-order valence-corrected chi connectivity index (χ0v) is 11.4. The SMILES string of the molecule is Brc1ccc2[nH]cc(CCC3CCCN3)c2c1. The molecule has 2 heterocycles. The quantitative estimate of drug-likeness (QED) is 0.889. The van der Waals surface area contributed by atoms with E-state index in [0.29, 0.717) is 0 Å². The molecule has 1 unspecified atom stereocenters. The van der Waals surface area contributed by atoms with Crippen LogP contribution in [0.1, 0.15) is 24.8 Å². The second-order valence-corrected chi connectivity index (χ2v) is 5.75. The molecule has 17 heavy (non-hydrogen) atoms. The number of hydrogen-bond donors (Lipinski definition) is 2. The van der Waals surface area contributed by atoms with Crippen LogP contribution in [0.3, 0.4) is 0 Å². The van der Waals surface area contributed by atoms with Crippen molar-refractivity contribution >= 4 is 26.8 Å². The predicted octanol–water partition coefficient (Wildman–Crippen LogP) is 3.62. The molecule has 0 radical (unpaired) electrons. The highest BCUT2D eigenvalue weighted by molar-refractivity contribution is 9.10. The first-order valence-corrected chi connectivity index (χ1v) is 7.11. The van der Waals surface area contributed by atoms with Crippen molar-refractivity contribution in [2.24, 2.45) is 0 Å². The highest BCUT2D eigenvalue weighted by Gasteiger charge is 2.14. The predicted molar refractivity (Wildman–Crippen MR) is 75.3 cm³/mol. The molecule has 2 aromatic rings. The fraction of sp³-hybridized carbons (Fsp3) is 0.429. The van der Waals surface area contributed by atoms with Crippen LogP contribution in [0.25, 0.3) is 10.9 Å². The third-order valence-electron chi connectivity index (χ3n) is 3.65. The van der Waals surface area contributed by atoms with E-state index < -0.39 is 0 Å². The molecule has 90 valence electrons. The van der Waals surface area contributed by atoms with Crippen LogP contribution in [-0.4, -0.2) is 17.6 Å². The third-order valence-corrected chi connectivity index (χ3v) is 4.15. The fourth-order valence-corrected chi connectivity index (χ4v) is 3.05. The molecular formula is C14H17BrN2. The van der Waals surface area contributed by atoms with Crippen LogP contribution in [0.15, 0.2) is 28.9 Å². The van der Waals surface area contributed by atoms with Gasteiger partial charge >= 0.3 is 0 Å². The van der Waals surface area contributed by atoms with Crippen molar-refractivity contribution in [3.63, 3.8) is 0 Å². The van der Waals surface area contributed by atoms with Gasteiger partial charge in [-0.15, -0.1) is 0 Å². The van der Waals surface area contributed by atoms with Gasteiger partial charge in [0.05, 0.1) is 0 Å². The van der Waals surface area contributed by atoms with E-state index in [-0.39, 0.29) is 0 Å². The first-order valence-electron chi connectivity index (χ1n) is 6.32. The van der Waals surface area contributed by atoms with Crippen molar-refractivity contribution in [1.82, 2.24) is 10.3 Å². The summed E-state index contributed by atoms with van der Waals surface area (Å²) in [5, 5.41) is 4.92. The summed E-state index contributed by atoms with van der Waals surface area (Å²) in [5.74, 6) is 0. The molecule has 1 aliphatic heterocycles. The van der Waals surface area contributed by atoms with Gasteiger partial charge in [-0.25, -0.2) is 0 Å². The average molecular weight is 293 g/mol.